The van der Waals surface area contributed by atoms with Gasteiger partial charge in [0.15, 0.2) is 0 Å². The molecule has 0 bridgehead atoms. The summed E-state index contributed by atoms with van der Waals surface area (Å²) in [7, 11) is 1.74. The minimum Gasteiger partial charge on any atom is -0.383 e. The van der Waals surface area contributed by atoms with Gasteiger partial charge in [-0.05, 0) is 31.2 Å². The molecule has 1 aliphatic carbocycles. The molecule has 2 N–H and O–H groups in total. The average Bonchev–Trinajstić information content (AvgIpc) is 2.30. The van der Waals surface area contributed by atoms with Gasteiger partial charge in [-0.25, -0.2) is 0 Å². The highest BCUT2D eigenvalue weighted by Gasteiger charge is 2.17. The van der Waals surface area contributed by atoms with Crippen molar-refractivity contribution in [3.63, 3.8) is 0 Å². The number of nitrogens with one attached hydrogen (secondary N) is 2. The van der Waals surface area contributed by atoms with Crippen molar-refractivity contribution in [1.82, 2.24) is 10.6 Å². The molecule has 0 amide bonds. The fraction of sp³-hybridized carbons (Fsp3) is 1.00. The van der Waals surface area contributed by atoms with Crippen LogP contribution < -0.4 is 10.6 Å². The molecular weight excluding hydrogens is 200 g/mol. The van der Waals surface area contributed by atoms with Crippen molar-refractivity contribution in [2.24, 2.45) is 11.8 Å². The average molecular weight is 228 g/mol. The Kier molecular flexibility index (Phi) is 7.81. The number of hydrogen-bond donors (Lipinski definition) is 2. The van der Waals surface area contributed by atoms with Crippen LogP contribution in [0.3, 0.4) is 0 Å². The predicted octanol–water partition coefficient (Wildman–Crippen LogP) is 1.64. The summed E-state index contributed by atoms with van der Waals surface area (Å²) in [6.07, 6.45) is 5.70. The quantitative estimate of drug-likeness (QED) is 0.620. The first-order valence-corrected chi connectivity index (χ1v) is 6.73. The van der Waals surface area contributed by atoms with E-state index in [1.165, 1.54) is 32.2 Å². The van der Waals surface area contributed by atoms with Crippen LogP contribution in [-0.4, -0.2) is 39.9 Å². The van der Waals surface area contributed by atoms with E-state index in [1.807, 2.05) is 0 Å². The molecule has 0 aromatic rings. The summed E-state index contributed by atoms with van der Waals surface area (Å²) in [6.45, 7) is 7.48. The second-order valence-electron chi connectivity index (χ2n) is 5.07. The third kappa shape index (κ3) is 6.46. The van der Waals surface area contributed by atoms with Crippen molar-refractivity contribution in [2.75, 3.05) is 39.9 Å². The van der Waals surface area contributed by atoms with Crippen molar-refractivity contribution in [3.05, 3.63) is 0 Å². The maximum atomic E-state index is 4.97. The molecular formula is C13H28N2O. The molecule has 1 rings (SSSR count). The number of ether oxygens (including phenoxy) is 1. The van der Waals surface area contributed by atoms with Crippen LogP contribution in [0.15, 0.2) is 0 Å². The van der Waals surface area contributed by atoms with E-state index in [2.05, 4.69) is 17.6 Å². The second kappa shape index (κ2) is 8.97. The third-order valence-electron chi connectivity index (χ3n) is 3.53. The molecule has 0 radical (unpaired) electrons. The molecule has 3 heteroatoms. The van der Waals surface area contributed by atoms with Crippen LogP contribution in [0.2, 0.25) is 0 Å². The molecule has 0 atom stereocenters. The first kappa shape index (κ1) is 13.9. The first-order valence-electron chi connectivity index (χ1n) is 6.73. The van der Waals surface area contributed by atoms with Crippen molar-refractivity contribution in [2.45, 2.75) is 32.6 Å². The molecule has 0 unspecified atom stereocenters. The molecule has 1 saturated carbocycles. The Morgan fingerprint density at radius 1 is 1.00 bits per heavy atom. The Bertz CT molecular complexity index is 156. The van der Waals surface area contributed by atoms with E-state index < -0.39 is 0 Å². The Morgan fingerprint density at radius 3 is 2.38 bits per heavy atom. The van der Waals surface area contributed by atoms with E-state index in [-0.39, 0.29) is 0 Å². The van der Waals surface area contributed by atoms with Crippen molar-refractivity contribution < 1.29 is 4.74 Å². The minimum absolute atomic E-state index is 0.806. The second-order valence-corrected chi connectivity index (χ2v) is 5.07. The van der Waals surface area contributed by atoms with Gasteiger partial charge in [-0.15, -0.1) is 0 Å². The predicted molar refractivity (Wildman–Crippen MR) is 68.7 cm³/mol. The number of hydrogen-bond acceptors (Lipinski definition) is 3. The summed E-state index contributed by atoms with van der Waals surface area (Å²) in [5.74, 6) is 1.89. The summed E-state index contributed by atoms with van der Waals surface area (Å²) in [4.78, 5) is 0. The van der Waals surface area contributed by atoms with Gasteiger partial charge in [0.2, 0.25) is 0 Å². The van der Waals surface area contributed by atoms with Crippen LogP contribution in [-0.2, 0) is 4.74 Å². The molecule has 0 heterocycles. The Hall–Kier alpha value is -0.120. The van der Waals surface area contributed by atoms with Gasteiger partial charge in [0, 0.05) is 26.7 Å². The molecule has 1 fully saturated rings. The van der Waals surface area contributed by atoms with Gasteiger partial charge in [-0.2, -0.15) is 0 Å². The molecule has 1 aliphatic rings. The van der Waals surface area contributed by atoms with Gasteiger partial charge in [0.1, 0.15) is 0 Å². The summed E-state index contributed by atoms with van der Waals surface area (Å²) in [5, 5.41) is 6.89. The molecule has 16 heavy (non-hydrogen) atoms. The Labute approximate surface area is 100 Å². The van der Waals surface area contributed by atoms with Gasteiger partial charge in [0.05, 0.1) is 6.61 Å². The summed E-state index contributed by atoms with van der Waals surface area (Å²) in [5.41, 5.74) is 0. The van der Waals surface area contributed by atoms with Crippen LogP contribution in [0.4, 0.5) is 0 Å². The van der Waals surface area contributed by atoms with Crippen molar-refractivity contribution >= 4 is 0 Å². The van der Waals surface area contributed by atoms with E-state index in [0.717, 1.165) is 38.1 Å². The minimum atomic E-state index is 0.806. The van der Waals surface area contributed by atoms with Gasteiger partial charge < -0.3 is 15.4 Å². The van der Waals surface area contributed by atoms with Crippen molar-refractivity contribution in [3.8, 4) is 0 Å². The molecule has 96 valence electrons. The van der Waals surface area contributed by atoms with Gasteiger partial charge >= 0.3 is 0 Å². The van der Waals surface area contributed by atoms with E-state index >= 15 is 0 Å². The van der Waals surface area contributed by atoms with Crippen LogP contribution in [0.25, 0.3) is 0 Å². The molecule has 0 aromatic heterocycles. The zero-order chi connectivity index (χ0) is 11.6. The SMILES string of the molecule is COCCNCCNCC1CCC(C)CC1. The summed E-state index contributed by atoms with van der Waals surface area (Å²) >= 11 is 0. The lowest BCUT2D eigenvalue weighted by Gasteiger charge is -2.26. The summed E-state index contributed by atoms with van der Waals surface area (Å²) < 4.78 is 4.97. The van der Waals surface area contributed by atoms with Crippen LogP contribution >= 0.6 is 0 Å². The van der Waals surface area contributed by atoms with E-state index in [1.54, 1.807) is 7.11 Å². The zero-order valence-electron chi connectivity index (χ0n) is 10.9. The highest BCUT2D eigenvalue weighted by atomic mass is 16.5. The fourth-order valence-corrected chi connectivity index (χ4v) is 2.32. The van der Waals surface area contributed by atoms with Crippen LogP contribution in [0.1, 0.15) is 32.6 Å². The lowest BCUT2D eigenvalue weighted by Crippen LogP contribution is -2.33. The highest BCUT2D eigenvalue weighted by Crippen LogP contribution is 2.27. The maximum absolute atomic E-state index is 4.97. The number of methoxy groups -OCH3 is 1. The molecule has 0 aliphatic heterocycles. The highest BCUT2D eigenvalue weighted by molar-refractivity contribution is 4.71. The topological polar surface area (TPSA) is 33.3 Å². The van der Waals surface area contributed by atoms with Crippen molar-refractivity contribution in [1.29, 1.82) is 0 Å². The monoisotopic (exact) mass is 228 g/mol. The molecule has 0 spiro atoms. The summed E-state index contributed by atoms with van der Waals surface area (Å²) in [6, 6.07) is 0. The van der Waals surface area contributed by atoms with Gasteiger partial charge in [0.25, 0.3) is 0 Å². The van der Waals surface area contributed by atoms with Crippen LogP contribution in [0, 0.1) is 11.8 Å². The third-order valence-corrected chi connectivity index (χ3v) is 3.53. The van der Waals surface area contributed by atoms with Gasteiger partial charge in [-0.1, -0.05) is 19.8 Å². The standard InChI is InChI=1S/C13H28N2O/c1-12-3-5-13(6-4-12)11-15-8-7-14-9-10-16-2/h12-15H,3-11H2,1-2H3. The van der Waals surface area contributed by atoms with Crippen LogP contribution in [0.5, 0.6) is 0 Å². The lowest BCUT2D eigenvalue weighted by atomic mass is 9.83. The van der Waals surface area contributed by atoms with E-state index in [9.17, 15) is 0 Å². The zero-order valence-corrected chi connectivity index (χ0v) is 10.9. The van der Waals surface area contributed by atoms with E-state index in [0.29, 0.717) is 0 Å². The largest absolute Gasteiger partial charge is 0.383 e. The maximum Gasteiger partial charge on any atom is 0.0587 e. The first-order chi connectivity index (χ1) is 7.83. The fourth-order valence-electron chi connectivity index (χ4n) is 2.32. The molecule has 0 saturated heterocycles. The lowest BCUT2D eigenvalue weighted by molar-refractivity contribution is 0.199. The normalized spacial score (nSPS) is 25.9. The molecule has 3 nitrogen and oxygen atoms in total. The van der Waals surface area contributed by atoms with E-state index in [4.69, 9.17) is 4.74 Å². The molecule has 0 aromatic carbocycles. The smallest absolute Gasteiger partial charge is 0.0587 e. The van der Waals surface area contributed by atoms with Gasteiger partial charge in [-0.3, -0.25) is 0 Å². The number of rotatable bonds is 8. The Morgan fingerprint density at radius 2 is 1.69 bits per heavy atom. The Balaban J connectivity index is 1.84.